The Hall–Kier alpha value is -1.06. The number of halogens is 1. The average molecular weight is 296 g/mol. The van der Waals surface area contributed by atoms with Crippen LogP contribution in [-0.2, 0) is 16.0 Å². The molecule has 1 aromatic carbocycles. The van der Waals surface area contributed by atoms with E-state index in [0.717, 1.165) is 24.3 Å². The van der Waals surface area contributed by atoms with Crippen LogP contribution in [0.2, 0.25) is 5.02 Å². The number of ether oxygens (including phenoxy) is 1. The molecular weight excluding hydrogens is 274 g/mol. The van der Waals surface area contributed by atoms with E-state index in [4.69, 9.17) is 16.3 Å². The molecule has 0 aliphatic heterocycles. The van der Waals surface area contributed by atoms with Gasteiger partial charge in [0, 0.05) is 11.1 Å². The van der Waals surface area contributed by atoms with E-state index < -0.39 is 0 Å². The molecule has 0 heterocycles. The molecule has 0 bridgehead atoms. The summed E-state index contributed by atoms with van der Waals surface area (Å²) in [5, 5.41) is 4.25. The zero-order valence-electron chi connectivity index (χ0n) is 12.3. The molecule has 0 amide bonds. The molecule has 0 saturated heterocycles. The largest absolute Gasteiger partial charge is 0.468 e. The number of benzene rings is 1. The maximum absolute atomic E-state index is 12.0. The third kappa shape index (κ3) is 3.15. The molecule has 0 spiro atoms. The highest BCUT2D eigenvalue weighted by atomic mass is 35.5. The van der Waals surface area contributed by atoms with E-state index in [0.29, 0.717) is 0 Å². The number of carbonyl (C=O) groups excluding carboxylic acids is 1. The zero-order chi connectivity index (χ0) is 14.7. The topological polar surface area (TPSA) is 38.3 Å². The minimum absolute atomic E-state index is 0.179. The van der Waals surface area contributed by atoms with Crippen molar-refractivity contribution in [3.63, 3.8) is 0 Å². The highest BCUT2D eigenvalue weighted by Crippen LogP contribution is 2.33. The Morgan fingerprint density at radius 2 is 2.30 bits per heavy atom. The average Bonchev–Trinajstić information content (AvgIpc) is 2.85. The standard InChI is InChI=1S/C16H22ClNO2/c1-4-10(2)15(16(19)20-3)18-14-8-5-11-9-12(17)6-7-13(11)14/h6-7,9-10,14-15,18H,4-5,8H2,1-3H3. The Morgan fingerprint density at radius 3 is 2.95 bits per heavy atom. The maximum Gasteiger partial charge on any atom is 0.323 e. The van der Waals surface area contributed by atoms with Gasteiger partial charge in [-0.2, -0.15) is 0 Å². The summed E-state index contributed by atoms with van der Waals surface area (Å²) < 4.78 is 4.93. The summed E-state index contributed by atoms with van der Waals surface area (Å²) in [7, 11) is 1.45. The van der Waals surface area contributed by atoms with Crippen molar-refractivity contribution in [2.24, 2.45) is 5.92 Å². The Morgan fingerprint density at radius 1 is 1.55 bits per heavy atom. The molecule has 0 radical (unpaired) electrons. The second-order valence-corrected chi connectivity index (χ2v) is 5.92. The minimum Gasteiger partial charge on any atom is -0.468 e. The van der Waals surface area contributed by atoms with Gasteiger partial charge in [-0.3, -0.25) is 10.1 Å². The van der Waals surface area contributed by atoms with Gasteiger partial charge in [-0.25, -0.2) is 0 Å². The normalized spacial score (nSPS) is 20.3. The summed E-state index contributed by atoms with van der Waals surface area (Å²) in [6, 6.07) is 5.95. The number of aryl methyl sites for hydroxylation is 1. The predicted octanol–water partition coefficient (Wildman–Crippen LogP) is 3.50. The van der Waals surface area contributed by atoms with Gasteiger partial charge >= 0.3 is 5.97 Å². The second-order valence-electron chi connectivity index (χ2n) is 5.49. The lowest BCUT2D eigenvalue weighted by atomic mass is 9.97. The minimum atomic E-state index is -0.253. The van der Waals surface area contributed by atoms with Crippen LogP contribution in [0.3, 0.4) is 0 Å². The highest BCUT2D eigenvalue weighted by molar-refractivity contribution is 6.30. The van der Waals surface area contributed by atoms with Crippen LogP contribution >= 0.6 is 11.6 Å². The van der Waals surface area contributed by atoms with Gasteiger partial charge in [0.2, 0.25) is 0 Å². The summed E-state index contributed by atoms with van der Waals surface area (Å²) in [4.78, 5) is 12.0. The summed E-state index contributed by atoms with van der Waals surface area (Å²) >= 11 is 6.03. The fraction of sp³-hybridized carbons (Fsp3) is 0.562. The van der Waals surface area contributed by atoms with Crippen molar-refractivity contribution >= 4 is 17.6 Å². The monoisotopic (exact) mass is 295 g/mol. The van der Waals surface area contributed by atoms with Crippen LogP contribution in [0.15, 0.2) is 18.2 Å². The van der Waals surface area contributed by atoms with E-state index in [1.165, 1.54) is 18.2 Å². The van der Waals surface area contributed by atoms with Crippen molar-refractivity contribution < 1.29 is 9.53 Å². The van der Waals surface area contributed by atoms with Crippen molar-refractivity contribution in [2.75, 3.05) is 7.11 Å². The number of esters is 1. The van der Waals surface area contributed by atoms with Crippen LogP contribution in [0.1, 0.15) is 43.9 Å². The molecule has 3 nitrogen and oxygen atoms in total. The Kier molecular flexibility index (Phi) is 5.06. The number of rotatable bonds is 5. The SMILES string of the molecule is CCC(C)C(NC1CCc2cc(Cl)ccc21)C(=O)OC. The van der Waals surface area contributed by atoms with Gasteiger partial charge in [0.1, 0.15) is 6.04 Å². The van der Waals surface area contributed by atoms with E-state index in [1.54, 1.807) is 0 Å². The fourth-order valence-electron chi connectivity index (χ4n) is 2.80. The number of hydrogen-bond acceptors (Lipinski definition) is 3. The van der Waals surface area contributed by atoms with E-state index in [9.17, 15) is 4.79 Å². The molecule has 0 saturated carbocycles. The highest BCUT2D eigenvalue weighted by Gasteiger charge is 2.31. The first-order chi connectivity index (χ1) is 9.56. The van der Waals surface area contributed by atoms with Gasteiger partial charge in [0.15, 0.2) is 0 Å². The molecule has 1 aliphatic rings. The second kappa shape index (κ2) is 6.59. The van der Waals surface area contributed by atoms with Crippen molar-refractivity contribution in [1.29, 1.82) is 0 Å². The maximum atomic E-state index is 12.0. The van der Waals surface area contributed by atoms with Gasteiger partial charge < -0.3 is 4.74 Å². The van der Waals surface area contributed by atoms with Crippen molar-refractivity contribution in [3.8, 4) is 0 Å². The Balaban J connectivity index is 2.15. The van der Waals surface area contributed by atoms with Crippen LogP contribution in [0.5, 0.6) is 0 Å². The van der Waals surface area contributed by atoms with Crippen molar-refractivity contribution in [1.82, 2.24) is 5.32 Å². The third-order valence-electron chi connectivity index (χ3n) is 4.23. The first-order valence-electron chi connectivity index (χ1n) is 7.19. The number of fused-ring (bicyclic) bond motifs is 1. The summed E-state index contributed by atoms with van der Waals surface area (Å²) in [5.41, 5.74) is 2.54. The van der Waals surface area contributed by atoms with E-state index >= 15 is 0 Å². The molecule has 0 fully saturated rings. The summed E-state index contributed by atoms with van der Waals surface area (Å²) in [6.45, 7) is 4.16. The van der Waals surface area contributed by atoms with Gasteiger partial charge in [-0.1, -0.05) is 37.9 Å². The van der Waals surface area contributed by atoms with E-state index in [2.05, 4.69) is 25.2 Å². The van der Waals surface area contributed by atoms with Crippen LogP contribution < -0.4 is 5.32 Å². The molecule has 3 atom stereocenters. The molecule has 20 heavy (non-hydrogen) atoms. The first kappa shape index (κ1) is 15.3. The molecule has 4 heteroatoms. The predicted molar refractivity (Wildman–Crippen MR) is 80.9 cm³/mol. The number of methoxy groups -OCH3 is 1. The number of hydrogen-bond donors (Lipinski definition) is 1. The van der Waals surface area contributed by atoms with Gasteiger partial charge in [-0.15, -0.1) is 0 Å². The molecule has 2 rings (SSSR count). The van der Waals surface area contributed by atoms with Crippen molar-refractivity contribution in [2.45, 2.75) is 45.2 Å². The third-order valence-corrected chi connectivity index (χ3v) is 4.47. The first-order valence-corrected chi connectivity index (χ1v) is 7.56. The lowest BCUT2D eigenvalue weighted by Crippen LogP contribution is -2.43. The van der Waals surface area contributed by atoms with Crippen molar-refractivity contribution in [3.05, 3.63) is 34.3 Å². The summed E-state index contributed by atoms with van der Waals surface area (Å²) in [5.74, 6) is 0.0700. The molecular formula is C16H22ClNO2. The zero-order valence-corrected chi connectivity index (χ0v) is 13.0. The Bertz CT molecular complexity index is 489. The van der Waals surface area contributed by atoms with Crippen LogP contribution in [0, 0.1) is 5.92 Å². The fourth-order valence-corrected chi connectivity index (χ4v) is 3.00. The molecule has 1 aromatic rings. The number of carbonyl (C=O) groups is 1. The molecule has 0 aromatic heterocycles. The van der Waals surface area contributed by atoms with Gasteiger partial charge in [-0.05, 0) is 42.0 Å². The molecule has 1 aliphatic carbocycles. The lowest BCUT2D eigenvalue weighted by molar-refractivity contribution is -0.144. The molecule has 110 valence electrons. The summed E-state index contributed by atoms with van der Waals surface area (Å²) in [6.07, 6.45) is 2.94. The smallest absolute Gasteiger partial charge is 0.323 e. The Labute approximate surface area is 125 Å². The van der Waals surface area contributed by atoms with Gasteiger partial charge in [0.25, 0.3) is 0 Å². The quantitative estimate of drug-likeness (QED) is 0.845. The van der Waals surface area contributed by atoms with Crippen LogP contribution in [0.25, 0.3) is 0 Å². The number of nitrogens with one attached hydrogen (secondary N) is 1. The van der Waals surface area contributed by atoms with E-state index in [-0.39, 0.29) is 24.0 Å². The molecule has 3 unspecified atom stereocenters. The lowest BCUT2D eigenvalue weighted by Gasteiger charge is -2.26. The van der Waals surface area contributed by atoms with Crippen LogP contribution in [0.4, 0.5) is 0 Å². The van der Waals surface area contributed by atoms with Crippen LogP contribution in [-0.4, -0.2) is 19.1 Å². The van der Waals surface area contributed by atoms with Gasteiger partial charge in [0.05, 0.1) is 7.11 Å². The van der Waals surface area contributed by atoms with E-state index in [1.807, 2.05) is 12.1 Å². The molecule has 1 N–H and O–H groups in total.